The van der Waals surface area contributed by atoms with Crippen LogP contribution in [-0.4, -0.2) is 17.2 Å². The lowest BCUT2D eigenvalue weighted by molar-refractivity contribution is 0.0388. The van der Waals surface area contributed by atoms with E-state index in [1.165, 1.54) is 5.56 Å². The van der Waals surface area contributed by atoms with Crippen molar-refractivity contribution in [2.45, 2.75) is 24.9 Å². The topological polar surface area (TPSA) is 42.4 Å². The van der Waals surface area contributed by atoms with Crippen molar-refractivity contribution in [1.29, 1.82) is 0 Å². The molecule has 1 aliphatic rings. The van der Waals surface area contributed by atoms with Gasteiger partial charge >= 0.3 is 0 Å². The summed E-state index contributed by atoms with van der Waals surface area (Å²) >= 11 is 0. The van der Waals surface area contributed by atoms with Gasteiger partial charge < -0.3 is 9.84 Å². The average Bonchev–Trinajstić information content (AvgIpc) is 2.77. The summed E-state index contributed by atoms with van der Waals surface area (Å²) in [4.78, 5) is 4.01. The van der Waals surface area contributed by atoms with E-state index in [0.717, 1.165) is 29.7 Å². The molecule has 1 aliphatic carbocycles. The van der Waals surface area contributed by atoms with Gasteiger partial charge in [0.25, 0.3) is 0 Å². The first-order chi connectivity index (χ1) is 9.21. The summed E-state index contributed by atoms with van der Waals surface area (Å²) in [5.74, 6) is 0.800. The Bertz CT molecular complexity index is 583. The van der Waals surface area contributed by atoms with Crippen molar-refractivity contribution < 1.29 is 9.84 Å². The molecule has 3 rings (SSSR count). The lowest BCUT2D eigenvalue weighted by Crippen LogP contribution is -2.25. The van der Waals surface area contributed by atoms with Gasteiger partial charge in [-0.3, -0.25) is 4.98 Å². The number of ether oxygens (including phenoxy) is 1. The second-order valence-electron chi connectivity index (χ2n) is 5.09. The number of aryl methyl sites for hydroxylation is 1. The van der Waals surface area contributed by atoms with Crippen LogP contribution in [0, 0.1) is 0 Å². The molecule has 0 aliphatic heterocycles. The Morgan fingerprint density at radius 3 is 2.79 bits per heavy atom. The van der Waals surface area contributed by atoms with Crippen molar-refractivity contribution in [3.8, 4) is 5.75 Å². The van der Waals surface area contributed by atoms with Crippen LogP contribution in [-0.2, 0) is 18.4 Å². The van der Waals surface area contributed by atoms with E-state index in [1.807, 2.05) is 24.3 Å². The van der Waals surface area contributed by atoms with Gasteiger partial charge in [0.1, 0.15) is 5.75 Å². The Hall–Kier alpha value is -1.87. The molecule has 1 aromatic heterocycles. The molecule has 0 bridgehead atoms. The molecule has 1 heterocycles. The van der Waals surface area contributed by atoms with Gasteiger partial charge in [-0.05, 0) is 53.8 Å². The largest absolute Gasteiger partial charge is 0.497 e. The summed E-state index contributed by atoms with van der Waals surface area (Å²) in [5.41, 5.74) is 2.54. The summed E-state index contributed by atoms with van der Waals surface area (Å²) in [7, 11) is 1.65. The molecule has 0 radical (unpaired) electrons. The molecule has 0 saturated carbocycles. The number of pyridine rings is 1. The third-order valence-corrected chi connectivity index (χ3v) is 3.87. The number of aliphatic hydroxyl groups is 1. The number of rotatable bonds is 3. The van der Waals surface area contributed by atoms with Gasteiger partial charge in [0.05, 0.1) is 12.7 Å². The quantitative estimate of drug-likeness (QED) is 0.916. The van der Waals surface area contributed by atoms with E-state index in [1.54, 1.807) is 19.5 Å². The fourth-order valence-corrected chi connectivity index (χ4v) is 2.83. The van der Waals surface area contributed by atoms with Gasteiger partial charge in [-0.2, -0.15) is 0 Å². The highest BCUT2D eigenvalue weighted by Crippen LogP contribution is 2.40. The molecule has 1 aromatic carbocycles. The van der Waals surface area contributed by atoms with Crippen LogP contribution in [0.5, 0.6) is 5.75 Å². The highest BCUT2D eigenvalue weighted by Gasteiger charge is 2.36. The summed E-state index contributed by atoms with van der Waals surface area (Å²) in [5, 5.41) is 10.9. The zero-order valence-corrected chi connectivity index (χ0v) is 11.0. The first kappa shape index (κ1) is 12.2. The third-order valence-electron chi connectivity index (χ3n) is 3.87. The van der Waals surface area contributed by atoms with E-state index in [0.29, 0.717) is 6.42 Å². The van der Waals surface area contributed by atoms with Crippen molar-refractivity contribution in [2.24, 2.45) is 0 Å². The van der Waals surface area contributed by atoms with Crippen LogP contribution < -0.4 is 4.74 Å². The zero-order valence-electron chi connectivity index (χ0n) is 11.0. The van der Waals surface area contributed by atoms with Crippen LogP contribution in [0.3, 0.4) is 0 Å². The Kier molecular flexibility index (Phi) is 2.99. The van der Waals surface area contributed by atoms with Gasteiger partial charge in [-0.15, -0.1) is 0 Å². The van der Waals surface area contributed by atoms with E-state index in [2.05, 4.69) is 11.1 Å². The lowest BCUT2D eigenvalue weighted by Gasteiger charge is -2.24. The number of fused-ring (bicyclic) bond motifs is 1. The predicted molar refractivity (Wildman–Crippen MR) is 73.2 cm³/mol. The molecular weight excluding hydrogens is 238 g/mol. The molecule has 1 atom stereocenters. The normalized spacial score (nSPS) is 21.2. The van der Waals surface area contributed by atoms with Gasteiger partial charge in [-0.25, -0.2) is 0 Å². The zero-order chi connectivity index (χ0) is 13.3. The molecule has 19 heavy (non-hydrogen) atoms. The molecule has 1 N–H and O–H groups in total. The summed E-state index contributed by atoms with van der Waals surface area (Å²) in [6.07, 6.45) is 5.83. The maximum Gasteiger partial charge on any atom is 0.119 e. The standard InChI is InChI=1S/C16H17NO2/c1-19-14-3-2-13-4-7-16(18,15(13)10-14)11-12-5-8-17-9-6-12/h2-3,5-6,8-10,18H,4,7,11H2,1H3. The molecule has 0 amide bonds. The van der Waals surface area contributed by atoms with Crippen molar-refractivity contribution >= 4 is 0 Å². The predicted octanol–water partition coefficient (Wildman–Crippen LogP) is 2.47. The number of aromatic nitrogens is 1. The Morgan fingerprint density at radius 2 is 2.05 bits per heavy atom. The fraction of sp³-hybridized carbons (Fsp3) is 0.312. The SMILES string of the molecule is COc1ccc2c(c1)C(O)(Cc1ccncc1)CC2. The Morgan fingerprint density at radius 1 is 1.26 bits per heavy atom. The van der Waals surface area contributed by atoms with Crippen molar-refractivity contribution in [1.82, 2.24) is 4.98 Å². The van der Waals surface area contributed by atoms with Crippen LogP contribution in [0.15, 0.2) is 42.7 Å². The second kappa shape index (κ2) is 4.67. The highest BCUT2D eigenvalue weighted by atomic mass is 16.5. The Balaban J connectivity index is 1.95. The summed E-state index contributed by atoms with van der Waals surface area (Å²) < 4.78 is 5.26. The number of hydrogen-bond acceptors (Lipinski definition) is 3. The van der Waals surface area contributed by atoms with Crippen molar-refractivity contribution in [3.05, 3.63) is 59.4 Å². The molecule has 1 unspecified atom stereocenters. The van der Waals surface area contributed by atoms with Crippen LogP contribution in [0.25, 0.3) is 0 Å². The van der Waals surface area contributed by atoms with Gasteiger partial charge in [0.15, 0.2) is 0 Å². The van der Waals surface area contributed by atoms with Crippen LogP contribution in [0.4, 0.5) is 0 Å². The molecule has 0 spiro atoms. The third kappa shape index (κ3) is 2.22. The lowest BCUT2D eigenvalue weighted by atomic mass is 9.89. The van der Waals surface area contributed by atoms with E-state index in [-0.39, 0.29) is 0 Å². The number of methoxy groups -OCH3 is 1. The van der Waals surface area contributed by atoms with Crippen LogP contribution in [0.1, 0.15) is 23.1 Å². The van der Waals surface area contributed by atoms with E-state index in [9.17, 15) is 5.11 Å². The summed E-state index contributed by atoms with van der Waals surface area (Å²) in [6, 6.07) is 9.88. The minimum Gasteiger partial charge on any atom is -0.497 e. The van der Waals surface area contributed by atoms with Gasteiger partial charge in [0, 0.05) is 18.8 Å². The Labute approximate surface area is 112 Å². The molecule has 3 heteroatoms. The molecule has 2 aromatic rings. The molecule has 3 nitrogen and oxygen atoms in total. The molecule has 98 valence electrons. The minimum absolute atomic E-state index is 0.621. The maximum absolute atomic E-state index is 10.9. The molecular formula is C16H17NO2. The summed E-state index contributed by atoms with van der Waals surface area (Å²) in [6.45, 7) is 0. The fourth-order valence-electron chi connectivity index (χ4n) is 2.83. The number of benzene rings is 1. The first-order valence-corrected chi connectivity index (χ1v) is 6.50. The van der Waals surface area contributed by atoms with Crippen molar-refractivity contribution in [3.63, 3.8) is 0 Å². The first-order valence-electron chi connectivity index (χ1n) is 6.50. The van der Waals surface area contributed by atoms with Crippen LogP contribution in [0.2, 0.25) is 0 Å². The smallest absolute Gasteiger partial charge is 0.119 e. The average molecular weight is 255 g/mol. The second-order valence-corrected chi connectivity index (χ2v) is 5.09. The maximum atomic E-state index is 10.9. The van der Waals surface area contributed by atoms with E-state index < -0.39 is 5.60 Å². The highest BCUT2D eigenvalue weighted by molar-refractivity contribution is 5.43. The van der Waals surface area contributed by atoms with Crippen molar-refractivity contribution in [2.75, 3.05) is 7.11 Å². The van der Waals surface area contributed by atoms with Gasteiger partial charge in [0.2, 0.25) is 0 Å². The van der Waals surface area contributed by atoms with Gasteiger partial charge in [-0.1, -0.05) is 6.07 Å². The minimum atomic E-state index is -0.786. The monoisotopic (exact) mass is 255 g/mol. The van der Waals surface area contributed by atoms with Crippen LogP contribution >= 0.6 is 0 Å². The van der Waals surface area contributed by atoms with E-state index >= 15 is 0 Å². The number of nitrogens with zero attached hydrogens (tertiary/aromatic N) is 1. The molecule has 0 saturated heterocycles. The van der Waals surface area contributed by atoms with E-state index in [4.69, 9.17) is 4.74 Å². The molecule has 0 fully saturated rings. The number of hydrogen-bond donors (Lipinski definition) is 1.